The van der Waals surface area contributed by atoms with E-state index in [9.17, 15) is 13.9 Å². The molecular weight excluding hydrogens is 519 g/mol. The van der Waals surface area contributed by atoms with Gasteiger partial charge in [0.2, 0.25) is 0 Å². The minimum atomic E-state index is -0.823. The van der Waals surface area contributed by atoms with Gasteiger partial charge in [-0.3, -0.25) is 4.98 Å². The van der Waals surface area contributed by atoms with Crippen molar-refractivity contribution in [2.75, 3.05) is 38.2 Å². The first kappa shape index (κ1) is 25.9. The van der Waals surface area contributed by atoms with Gasteiger partial charge in [0, 0.05) is 29.7 Å². The molecule has 2 aliphatic heterocycles. The molecule has 4 heterocycles. The summed E-state index contributed by atoms with van der Waals surface area (Å²) >= 11 is 0. The van der Waals surface area contributed by atoms with Gasteiger partial charge in [0.1, 0.15) is 41.0 Å². The molecule has 2 aromatic heterocycles. The zero-order valence-electron chi connectivity index (χ0n) is 21.8. The van der Waals surface area contributed by atoms with Gasteiger partial charge >= 0.3 is 6.01 Å². The third kappa shape index (κ3) is 4.56. The van der Waals surface area contributed by atoms with E-state index in [-0.39, 0.29) is 63.3 Å². The Morgan fingerprint density at radius 1 is 1.18 bits per heavy atom. The van der Waals surface area contributed by atoms with E-state index in [1.165, 1.54) is 36.5 Å². The third-order valence-electron chi connectivity index (χ3n) is 7.58. The Morgan fingerprint density at radius 2 is 2.02 bits per heavy atom. The summed E-state index contributed by atoms with van der Waals surface area (Å²) in [4.78, 5) is 17.2. The molecule has 6 rings (SSSR count). The van der Waals surface area contributed by atoms with Crippen LogP contribution in [-0.2, 0) is 0 Å². The van der Waals surface area contributed by atoms with Crippen LogP contribution in [0.2, 0.25) is 0 Å². The van der Waals surface area contributed by atoms with Crippen LogP contribution in [0.15, 0.2) is 42.4 Å². The quantitative estimate of drug-likeness (QED) is 0.339. The van der Waals surface area contributed by atoms with Crippen LogP contribution in [0.1, 0.15) is 24.8 Å². The number of benzene rings is 2. The summed E-state index contributed by atoms with van der Waals surface area (Å²) in [5, 5.41) is 11.3. The number of hydrogen-bond donors (Lipinski definition) is 1. The molecule has 204 valence electrons. The topological polar surface area (TPSA) is 74.6 Å². The second-order valence-electron chi connectivity index (χ2n) is 10.1. The molecule has 2 aromatic carbocycles. The molecule has 0 unspecified atom stereocenters. The summed E-state index contributed by atoms with van der Waals surface area (Å²) in [6.07, 6.45) is 11.0. The molecule has 40 heavy (non-hydrogen) atoms. The molecule has 2 aliphatic rings. The summed E-state index contributed by atoms with van der Waals surface area (Å²) in [7, 11) is 2.01. The number of anilines is 1. The maximum absolute atomic E-state index is 16.4. The number of phenols is 1. The molecule has 1 fully saturated rings. The number of terminal acetylenes is 1. The minimum Gasteiger partial charge on any atom is -0.508 e. The molecule has 0 radical (unpaired) electrons. The second-order valence-corrected chi connectivity index (χ2v) is 10.1. The fourth-order valence-electron chi connectivity index (χ4n) is 5.51. The molecule has 10 heteroatoms. The van der Waals surface area contributed by atoms with E-state index in [0.717, 1.165) is 19.4 Å². The average Bonchev–Trinajstić information content (AvgIpc) is 3.36. The number of nitrogens with zero attached hydrogens (tertiary/aromatic N) is 5. The number of aromatic hydroxyl groups is 1. The van der Waals surface area contributed by atoms with Crippen molar-refractivity contribution in [3.63, 3.8) is 0 Å². The van der Waals surface area contributed by atoms with Crippen molar-refractivity contribution in [1.29, 1.82) is 0 Å². The molecule has 7 nitrogen and oxygen atoms in total. The Morgan fingerprint density at radius 3 is 2.77 bits per heavy atom. The maximum atomic E-state index is 16.4. The summed E-state index contributed by atoms with van der Waals surface area (Å²) in [6, 6.07) is 5.50. The highest BCUT2D eigenvalue weighted by Crippen LogP contribution is 2.39. The zero-order valence-corrected chi connectivity index (χ0v) is 21.8. The maximum Gasteiger partial charge on any atom is 0.319 e. The normalized spacial score (nSPS) is 17.8. The molecule has 1 N–H and O–H groups in total. The van der Waals surface area contributed by atoms with Gasteiger partial charge in [-0.05, 0) is 62.5 Å². The molecule has 1 atom stereocenters. The summed E-state index contributed by atoms with van der Waals surface area (Å²) in [5.41, 5.74) is -0.220. The number of rotatable bonds is 5. The SMILES string of the molecule is C#Cc1c(F)ccc2cc(O)cc(-c3ncc4c(N5CCC=C(F)C5)nc(OC[C@@H]5CCCN5C)nc4c3F)c12. The number of likely N-dealkylation sites (N-methyl/N-ethyl adjacent to an activating group) is 1. The smallest absolute Gasteiger partial charge is 0.319 e. The average molecular weight is 546 g/mol. The van der Waals surface area contributed by atoms with E-state index >= 15 is 4.39 Å². The van der Waals surface area contributed by atoms with Crippen molar-refractivity contribution >= 4 is 27.5 Å². The van der Waals surface area contributed by atoms with Crippen molar-refractivity contribution < 1.29 is 23.0 Å². The predicted octanol–water partition coefficient (Wildman–Crippen LogP) is 5.35. The number of phenolic OH excluding ortho intramolecular Hbond substituents is 1. The molecule has 0 spiro atoms. The highest BCUT2D eigenvalue weighted by molar-refractivity contribution is 6.03. The fourth-order valence-corrected chi connectivity index (χ4v) is 5.51. The van der Waals surface area contributed by atoms with Crippen LogP contribution in [0.5, 0.6) is 11.8 Å². The lowest BCUT2D eigenvalue weighted by atomic mass is 9.96. The van der Waals surface area contributed by atoms with Crippen LogP contribution in [-0.4, -0.2) is 64.3 Å². The number of fused-ring (bicyclic) bond motifs is 2. The fraction of sp³-hybridized carbons (Fsp3) is 0.300. The summed E-state index contributed by atoms with van der Waals surface area (Å²) in [5.74, 6) is 0.684. The van der Waals surface area contributed by atoms with Crippen LogP contribution in [0.4, 0.5) is 19.0 Å². The van der Waals surface area contributed by atoms with Crippen LogP contribution >= 0.6 is 0 Å². The molecule has 0 saturated carbocycles. The van der Waals surface area contributed by atoms with E-state index in [2.05, 4.69) is 25.8 Å². The molecular formula is C30H26F3N5O2. The Balaban J connectivity index is 1.54. The second kappa shape index (κ2) is 10.3. The lowest BCUT2D eigenvalue weighted by molar-refractivity contribution is 0.188. The number of ether oxygens (including phenoxy) is 1. The van der Waals surface area contributed by atoms with E-state index in [1.54, 1.807) is 4.90 Å². The Labute approximate surface area is 228 Å². The first-order valence-corrected chi connectivity index (χ1v) is 13.0. The Bertz CT molecular complexity index is 1720. The summed E-state index contributed by atoms with van der Waals surface area (Å²) < 4.78 is 51.3. The molecule has 1 saturated heterocycles. The van der Waals surface area contributed by atoms with E-state index in [0.29, 0.717) is 30.8 Å². The standard InChI is InChI=1S/C30H26F3N5O2/c1-3-21-24(32)9-8-17-12-20(39)13-22(25(17)21)27-26(33)28-23(14-34-27)29(38-11-4-6-18(31)15-38)36-30(35-28)40-16-19-7-5-10-37(19)2/h1,6,8-9,12-14,19,39H,4-5,7,10-11,15-16H2,2H3/t19-/m0/s1. The Hall–Kier alpha value is -4.36. The van der Waals surface area contributed by atoms with Gasteiger partial charge < -0.3 is 19.6 Å². The molecule has 0 bridgehead atoms. The molecule has 0 amide bonds. The number of aromatic nitrogens is 3. The molecule has 4 aromatic rings. The number of halogens is 3. The van der Waals surface area contributed by atoms with Gasteiger partial charge in [-0.2, -0.15) is 9.97 Å². The van der Waals surface area contributed by atoms with Gasteiger partial charge in [0.15, 0.2) is 5.82 Å². The van der Waals surface area contributed by atoms with Crippen LogP contribution in [0.3, 0.4) is 0 Å². The minimum absolute atomic E-state index is 0.0255. The highest BCUT2D eigenvalue weighted by atomic mass is 19.1. The van der Waals surface area contributed by atoms with E-state index in [1.807, 2.05) is 7.05 Å². The number of hydrogen-bond acceptors (Lipinski definition) is 7. The van der Waals surface area contributed by atoms with Crippen molar-refractivity contribution in [1.82, 2.24) is 19.9 Å². The van der Waals surface area contributed by atoms with Crippen LogP contribution in [0, 0.1) is 24.0 Å². The predicted molar refractivity (Wildman–Crippen MR) is 147 cm³/mol. The van der Waals surface area contributed by atoms with Gasteiger partial charge in [-0.25, -0.2) is 13.2 Å². The van der Waals surface area contributed by atoms with Crippen molar-refractivity contribution in [2.24, 2.45) is 0 Å². The largest absolute Gasteiger partial charge is 0.508 e. The van der Waals surface area contributed by atoms with Crippen molar-refractivity contribution in [3.8, 4) is 35.4 Å². The van der Waals surface area contributed by atoms with Gasteiger partial charge in [-0.15, -0.1) is 6.42 Å². The first-order valence-electron chi connectivity index (χ1n) is 13.0. The zero-order chi connectivity index (χ0) is 28.0. The van der Waals surface area contributed by atoms with Crippen LogP contribution in [0.25, 0.3) is 32.9 Å². The van der Waals surface area contributed by atoms with E-state index < -0.39 is 11.6 Å². The van der Waals surface area contributed by atoms with Crippen molar-refractivity contribution in [2.45, 2.75) is 25.3 Å². The van der Waals surface area contributed by atoms with Gasteiger partial charge in [0.25, 0.3) is 0 Å². The highest BCUT2D eigenvalue weighted by Gasteiger charge is 2.26. The first-order chi connectivity index (χ1) is 19.3. The lowest BCUT2D eigenvalue weighted by Crippen LogP contribution is -2.32. The number of likely N-dealkylation sites (tertiary alicyclic amines) is 1. The van der Waals surface area contributed by atoms with Gasteiger partial charge in [0.05, 0.1) is 17.5 Å². The lowest BCUT2D eigenvalue weighted by Gasteiger charge is -2.27. The molecule has 0 aliphatic carbocycles. The third-order valence-corrected chi connectivity index (χ3v) is 7.58. The van der Waals surface area contributed by atoms with Gasteiger partial charge in [-0.1, -0.05) is 12.0 Å². The summed E-state index contributed by atoms with van der Waals surface area (Å²) in [6.45, 7) is 1.72. The monoisotopic (exact) mass is 545 g/mol. The van der Waals surface area contributed by atoms with E-state index in [4.69, 9.17) is 11.2 Å². The van der Waals surface area contributed by atoms with Crippen LogP contribution < -0.4 is 9.64 Å². The van der Waals surface area contributed by atoms with Crippen molar-refractivity contribution in [3.05, 3.63) is 59.6 Å². The number of pyridine rings is 1. The Kier molecular flexibility index (Phi) is 6.68.